The Bertz CT molecular complexity index is 936. The molecule has 0 aliphatic carbocycles. The number of aryl methyl sites for hydroxylation is 1. The highest BCUT2D eigenvalue weighted by molar-refractivity contribution is 6.33. The number of amides is 1. The monoisotopic (exact) mass is 352 g/mol. The number of hydrogen-bond acceptors (Lipinski definition) is 2. The minimum Gasteiger partial charge on any atom is -0.350 e. The number of halogens is 1. The highest BCUT2D eigenvalue weighted by atomic mass is 35.5. The second kappa shape index (κ2) is 7.24. The number of carbonyl (C=O) groups excluding carboxylic acids is 1. The number of hydrogen-bond donors (Lipinski definition) is 1. The van der Waals surface area contributed by atoms with Gasteiger partial charge in [-0.1, -0.05) is 48.4 Å². The SMILES string of the molecule is CC[C@H](C)NC(=O)c1cc(-c2ccccc2Cl)nc2ccc(C)cc12. The van der Waals surface area contributed by atoms with E-state index >= 15 is 0 Å². The molecule has 1 heterocycles. The number of benzene rings is 2. The van der Waals surface area contributed by atoms with Crippen LogP contribution >= 0.6 is 11.6 Å². The van der Waals surface area contributed by atoms with Gasteiger partial charge in [0.1, 0.15) is 0 Å². The molecule has 4 heteroatoms. The molecule has 0 fully saturated rings. The van der Waals surface area contributed by atoms with E-state index in [4.69, 9.17) is 16.6 Å². The van der Waals surface area contributed by atoms with Crippen LogP contribution in [0.25, 0.3) is 22.2 Å². The van der Waals surface area contributed by atoms with Crippen molar-refractivity contribution in [2.45, 2.75) is 33.2 Å². The van der Waals surface area contributed by atoms with Gasteiger partial charge in [-0.25, -0.2) is 4.98 Å². The maximum atomic E-state index is 12.8. The predicted molar refractivity (Wildman–Crippen MR) is 104 cm³/mol. The van der Waals surface area contributed by atoms with Crippen LogP contribution in [-0.4, -0.2) is 16.9 Å². The molecule has 0 aliphatic rings. The predicted octanol–water partition coefficient (Wildman–Crippen LogP) is 5.39. The first-order chi connectivity index (χ1) is 12.0. The molecule has 128 valence electrons. The molecule has 1 atom stereocenters. The molecule has 0 saturated carbocycles. The van der Waals surface area contributed by atoms with Crippen LogP contribution in [0.5, 0.6) is 0 Å². The molecule has 2 aromatic carbocycles. The van der Waals surface area contributed by atoms with E-state index in [-0.39, 0.29) is 11.9 Å². The lowest BCUT2D eigenvalue weighted by Crippen LogP contribution is -2.32. The van der Waals surface area contributed by atoms with E-state index in [2.05, 4.69) is 12.2 Å². The van der Waals surface area contributed by atoms with Crippen LogP contribution in [0.2, 0.25) is 5.02 Å². The van der Waals surface area contributed by atoms with E-state index in [9.17, 15) is 4.79 Å². The maximum Gasteiger partial charge on any atom is 0.252 e. The molecule has 0 saturated heterocycles. The van der Waals surface area contributed by atoms with E-state index < -0.39 is 0 Å². The summed E-state index contributed by atoms with van der Waals surface area (Å²) in [6.45, 7) is 6.06. The quantitative estimate of drug-likeness (QED) is 0.683. The van der Waals surface area contributed by atoms with Crippen molar-refractivity contribution in [1.29, 1.82) is 0 Å². The van der Waals surface area contributed by atoms with Crippen molar-refractivity contribution in [3.8, 4) is 11.3 Å². The summed E-state index contributed by atoms with van der Waals surface area (Å²) in [4.78, 5) is 17.6. The number of nitrogens with one attached hydrogen (secondary N) is 1. The van der Waals surface area contributed by atoms with Crippen LogP contribution in [0.3, 0.4) is 0 Å². The summed E-state index contributed by atoms with van der Waals surface area (Å²) in [7, 11) is 0. The fourth-order valence-corrected chi connectivity index (χ4v) is 2.97. The van der Waals surface area contributed by atoms with Crippen LogP contribution in [0.4, 0.5) is 0 Å². The molecule has 0 unspecified atom stereocenters. The smallest absolute Gasteiger partial charge is 0.252 e. The minimum absolute atomic E-state index is 0.0827. The first-order valence-electron chi connectivity index (χ1n) is 8.46. The van der Waals surface area contributed by atoms with Crippen molar-refractivity contribution in [1.82, 2.24) is 10.3 Å². The fourth-order valence-electron chi connectivity index (χ4n) is 2.74. The maximum absolute atomic E-state index is 12.8. The molecule has 1 aromatic heterocycles. The van der Waals surface area contributed by atoms with Gasteiger partial charge in [-0.3, -0.25) is 4.79 Å². The zero-order valence-corrected chi connectivity index (χ0v) is 15.4. The molecular weight excluding hydrogens is 332 g/mol. The fraction of sp³-hybridized carbons (Fsp3) is 0.238. The Balaban J connectivity index is 2.20. The van der Waals surface area contributed by atoms with Gasteiger partial charge >= 0.3 is 0 Å². The molecule has 1 N–H and O–H groups in total. The van der Waals surface area contributed by atoms with E-state index in [1.54, 1.807) is 0 Å². The molecule has 0 spiro atoms. The number of aromatic nitrogens is 1. The number of nitrogens with zero attached hydrogens (tertiary/aromatic N) is 1. The molecule has 3 nitrogen and oxygen atoms in total. The van der Waals surface area contributed by atoms with Crippen LogP contribution in [0.15, 0.2) is 48.5 Å². The van der Waals surface area contributed by atoms with Gasteiger partial charge in [0.2, 0.25) is 0 Å². The lowest BCUT2D eigenvalue weighted by Gasteiger charge is -2.15. The zero-order chi connectivity index (χ0) is 18.0. The molecule has 0 aliphatic heterocycles. The highest BCUT2D eigenvalue weighted by Crippen LogP contribution is 2.30. The summed E-state index contributed by atoms with van der Waals surface area (Å²) >= 11 is 6.33. The number of fused-ring (bicyclic) bond motifs is 1. The first kappa shape index (κ1) is 17.4. The number of pyridine rings is 1. The summed E-state index contributed by atoms with van der Waals surface area (Å²) in [6, 6.07) is 15.5. The Labute approximate surface area is 153 Å². The Morgan fingerprint density at radius 3 is 2.68 bits per heavy atom. The molecule has 0 bridgehead atoms. The zero-order valence-electron chi connectivity index (χ0n) is 14.6. The summed E-state index contributed by atoms with van der Waals surface area (Å²) in [6.07, 6.45) is 0.880. The Kier molecular flexibility index (Phi) is 5.05. The number of carbonyl (C=O) groups is 1. The van der Waals surface area contributed by atoms with Crippen LogP contribution in [0.1, 0.15) is 36.2 Å². The molecule has 0 radical (unpaired) electrons. The highest BCUT2D eigenvalue weighted by Gasteiger charge is 2.16. The topological polar surface area (TPSA) is 42.0 Å². The Morgan fingerprint density at radius 2 is 1.96 bits per heavy atom. The first-order valence-corrected chi connectivity index (χ1v) is 8.84. The summed E-state index contributed by atoms with van der Waals surface area (Å²) in [5.41, 5.74) is 4.04. The van der Waals surface area contributed by atoms with Crippen LogP contribution < -0.4 is 5.32 Å². The van der Waals surface area contributed by atoms with Gasteiger partial charge < -0.3 is 5.32 Å². The summed E-state index contributed by atoms with van der Waals surface area (Å²) < 4.78 is 0. The van der Waals surface area contributed by atoms with Crippen molar-refractivity contribution >= 4 is 28.4 Å². The third-order valence-corrected chi connectivity index (χ3v) is 4.68. The van der Waals surface area contributed by atoms with Gasteiger partial charge in [0.05, 0.1) is 16.8 Å². The van der Waals surface area contributed by atoms with Crippen molar-refractivity contribution in [2.24, 2.45) is 0 Å². The van der Waals surface area contributed by atoms with Gasteiger partial charge in [0.15, 0.2) is 0 Å². The third kappa shape index (κ3) is 3.67. The Morgan fingerprint density at radius 1 is 1.20 bits per heavy atom. The van der Waals surface area contributed by atoms with Gasteiger partial charge in [0.25, 0.3) is 5.91 Å². The molecule has 1 amide bonds. The van der Waals surface area contributed by atoms with Gasteiger partial charge in [-0.05, 0) is 44.5 Å². The summed E-state index contributed by atoms with van der Waals surface area (Å²) in [5.74, 6) is -0.0827. The largest absolute Gasteiger partial charge is 0.350 e. The second-order valence-electron chi connectivity index (χ2n) is 6.34. The van der Waals surface area contributed by atoms with Crippen molar-refractivity contribution in [2.75, 3.05) is 0 Å². The van der Waals surface area contributed by atoms with Gasteiger partial charge in [0, 0.05) is 22.0 Å². The molecule has 3 rings (SSSR count). The van der Waals surface area contributed by atoms with Crippen LogP contribution in [-0.2, 0) is 0 Å². The standard InChI is InChI=1S/C21H21ClN2O/c1-4-14(3)23-21(25)17-12-20(15-7-5-6-8-18(15)22)24-19-10-9-13(2)11-16(17)19/h5-12,14H,4H2,1-3H3,(H,23,25)/t14-/m0/s1. The van der Waals surface area contributed by atoms with Crippen LogP contribution in [0, 0.1) is 6.92 Å². The van der Waals surface area contributed by atoms with E-state index in [1.807, 2.05) is 62.4 Å². The lowest BCUT2D eigenvalue weighted by atomic mass is 10.0. The average molecular weight is 353 g/mol. The van der Waals surface area contributed by atoms with Gasteiger partial charge in [-0.15, -0.1) is 0 Å². The van der Waals surface area contributed by atoms with Crippen molar-refractivity contribution < 1.29 is 4.79 Å². The lowest BCUT2D eigenvalue weighted by molar-refractivity contribution is 0.0941. The van der Waals surface area contributed by atoms with Crippen molar-refractivity contribution in [3.63, 3.8) is 0 Å². The number of rotatable bonds is 4. The third-order valence-electron chi connectivity index (χ3n) is 4.35. The van der Waals surface area contributed by atoms with Gasteiger partial charge in [-0.2, -0.15) is 0 Å². The van der Waals surface area contributed by atoms with E-state index in [1.165, 1.54) is 0 Å². The summed E-state index contributed by atoms with van der Waals surface area (Å²) in [5, 5.41) is 4.53. The second-order valence-corrected chi connectivity index (χ2v) is 6.75. The Hall–Kier alpha value is -2.39. The normalized spacial score (nSPS) is 12.2. The molecule has 25 heavy (non-hydrogen) atoms. The molecular formula is C21H21ClN2O. The van der Waals surface area contributed by atoms with E-state index in [0.717, 1.165) is 28.5 Å². The minimum atomic E-state index is -0.0827. The van der Waals surface area contributed by atoms with E-state index in [0.29, 0.717) is 16.3 Å². The van der Waals surface area contributed by atoms with Crippen molar-refractivity contribution in [3.05, 3.63) is 64.7 Å². The average Bonchev–Trinajstić information content (AvgIpc) is 2.61. The molecule has 3 aromatic rings.